The molecule has 0 N–H and O–H groups in total. The number of carbonyl (C=O) groups is 1. The second kappa shape index (κ2) is 7.94. The Morgan fingerprint density at radius 2 is 2.07 bits per heavy atom. The lowest BCUT2D eigenvalue weighted by Gasteiger charge is -2.46. The van der Waals surface area contributed by atoms with E-state index in [2.05, 4.69) is 4.90 Å². The summed E-state index contributed by atoms with van der Waals surface area (Å²) >= 11 is 0. The molecule has 152 valence electrons. The third-order valence-corrected chi connectivity index (χ3v) is 4.95. The molecule has 1 aromatic carbocycles. The number of amides is 1. The molecule has 0 spiro atoms. The van der Waals surface area contributed by atoms with E-state index in [1.807, 2.05) is 26.8 Å². The van der Waals surface area contributed by atoms with Gasteiger partial charge in [-0.15, -0.1) is 0 Å². The van der Waals surface area contributed by atoms with E-state index in [1.54, 1.807) is 11.0 Å². The van der Waals surface area contributed by atoms with Crippen molar-refractivity contribution in [1.82, 2.24) is 9.80 Å². The van der Waals surface area contributed by atoms with E-state index in [0.29, 0.717) is 38.3 Å². The van der Waals surface area contributed by atoms with Crippen molar-refractivity contribution in [3.05, 3.63) is 29.1 Å². The fourth-order valence-electron chi connectivity index (χ4n) is 3.62. The quantitative estimate of drug-likeness (QED) is 0.772. The molecular formula is C20H26FN3O4. The zero-order valence-corrected chi connectivity index (χ0v) is 16.7. The van der Waals surface area contributed by atoms with Gasteiger partial charge in [0.2, 0.25) is 0 Å². The Kier molecular flexibility index (Phi) is 5.77. The van der Waals surface area contributed by atoms with Crippen LogP contribution in [0.5, 0.6) is 5.75 Å². The van der Waals surface area contributed by atoms with Crippen LogP contribution >= 0.6 is 0 Å². The predicted molar refractivity (Wildman–Crippen MR) is 99.5 cm³/mol. The van der Waals surface area contributed by atoms with E-state index in [-0.39, 0.29) is 29.6 Å². The molecule has 2 aliphatic rings. The van der Waals surface area contributed by atoms with E-state index in [9.17, 15) is 14.4 Å². The monoisotopic (exact) mass is 391 g/mol. The Morgan fingerprint density at radius 3 is 2.71 bits per heavy atom. The van der Waals surface area contributed by atoms with Crippen LogP contribution in [0.4, 0.5) is 9.18 Å². The van der Waals surface area contributed by atoms with Gasteiger partial charge in [0.05, 0.1) is 25.9 Å². The van der Waals surface area contributed by atoms with Crippen molar-refractivity contribution < 1.29 is 23.4 Å². The third kappa shape index (κ3) is 4.21. The first-order valence-corrected chi connectivity index (χ1v) is 9.33. The number of rotatable bonds is 2. The van der Waals surface area contributed by atoms with E-state index in [4.69, 9.17) is 14.2 Å². The lowest BCUT2D eigenvalue weighted by Crippen LogP contribution is -2.60. The second-order valence-corrected chi connectivity index (χ2v) is 8.05. The zero-order chi connectivity index (χ0) is 20.5. The average molecular weight is 391 g/mol. The van der Waals surface area contributed by atoms with Gasteiger partial charge in [0.15, 0.2) is 0 Å². The number of morpholine rings is 1. The molecule has 7 nitrogen and oxygen atoms in total. The number of nitrogens with zero attached hydrogens (tertiary/aromatic N) is 3. The van der Waals surface area contributed by atoms with Crippen LogP contribution in [-0.4, -0.2) is 67.4 Å². The van der Waals surface area contributed by atoms with Crippen molar-refractivity contribution in [3.8, 4) is 11.8 Å². The number of hydrogen-bond acceptors (Lipinski definition) is 6. The van der Waals surface area contributed by atoms with Crippen molar-refractivity contribution in [2.24, 2.45) is 0 Å². The number of methoxy groups -OCH3 is 1. The fourth-order valence-corrected chi connectivity index (χ4v) is 3.62. The van der Waals surface area contributed by atoms with E-state index in [0.717, 1.165) is 0 Å². The van der Waals surface area contributed by atoms with E-state index < -0.39 is 11.4 Å². The summed E-state index contributed by atoms with van der Waals surface area (Å²) < 4.78 is 30.7. The number of piperazine rings is 1. The van der Waals surface area contributed by atoms with E-state index >= 15 is 0 Å². The Labute approximate surface area is 164 Å². The van der Waals surface area contributed by atoms with Crippen LogP contribution < -0.4 is 4.74 Å². The maximum Gasteiger partial charge on any atom is 0.410 e. The van der Waals surface area contributed by atoms with Crippen molar-refractivity contribution in [2.75, 3.05) is 39.9 Å². The number of ether oxygens (including phenoxy) is 3. The summed E-state index contributed by atoms with van der Waals surface area (Å²) in [6.07, 6.45) is -0.639. The molecule has 2 saturated heterocycles. The highest BCUT2D eigenvalue weighted by atomic mass is 19.1. The zero-order valence-electron chi connectivity index (χ0n) is 16.7. The molecule has 0 radical (unpaired) electrons. The molecule has 0 saturated carbocycles. The Morgan fingerprint density at radius 1 is 1.32 bits per heavy atom. The SMILES string of the molecule is COc1c(C2CN3CCN(C(=O)OC(C)(C)C)CC3CO2)ccc(F)c1C#N. The molecule has 1 aromatic rings. The van der Waals surface area contributed by atoms with Crippen LogP contribution in [0, 0.1) is 17.1 Å². The van der Waals surface area contributed by atoms with Crippen LogP contribution in [0.25, 0.3) is 0 Å². The number of carbonyl (C=O) groups excluding carboxylic acids is 1. The van der Waals surface area contributed by atoms with Crippen molar-refractivity contribution in [3.63, 3.8) is 0 Å². The Hall–Kier alpha value is -2.37. The number of halogens is 1. The van der Waals surface area contributed by atoms with Gasteiger partial charge >= 0.3 is 6.09 Å². The maximum absolute atomic E-state index is 13.9. The van der Waals surface area contributed by atoms with Gasteiger partial charge in [-0.3, -0.25) is 4.90 Å². The molecule has 0 aliphatic carbocycles. The molecule has 2 atom stereocenters. The smallest absolute Gasteiger partial charge is 0.410 e. The number of benzene rings is 1. The lowest BCUT2D eigenvalue weighted by atomic mass is 10.0. The predicted octanol–water partition coefficient (Wildman–Crippen LogP) is 2.70. The van der Waals surface area contributed by atoms with E-state index in [1.165, 1.54) is 13.2 Å². The molecule has 3 rings (SSSR count). The molecule has 0 bridgehead atoms. The second-order valence-electron chi connectivity index (χ2n) is 8.05. The van der Waals surface area contributed by atoms with Crippen LogP contribution in [-0.2, 0) is 9.47 Å². The summed E-state index contributed by atoms with van der Waals surface area (Å²) in [6, 6.07) is 4.81. The fraction of sp³-hybridized carbons (Fsp3) is 0.600. The first-order valence-electron chi connectivity index (χ1n) is 9.33. The molecule has 8 heteroatoms. The highest BCUT2D eigenvalue weighted by Crippen LogP contribution is 2.35. The van der Waals surface area contributed by atoms with Gasteiger partial charge < -0.3 is 19.1 Å². The Balaban J connectivity index is 1.69. The Bertz CT molecular complexity index is 787. The normalized spacial score (nSPS) is 22.9. The standard InChI is InChI=1S/C20H26FN3O4/c1-20(2,3)28-19(25)24-8-7-23-11-17(27-12-13(23)10-24)14-5-6-16(21)15(9-22)18(14)26-4/h5-6,13,17H,7-8,10-12H2,1-4H3. The summed E-state index contributed by atoms with van der Waals surface area (Å²) in [5, 5.41) is 9.23. The summed E-state index contributed by atoms with van der Waals surface area (Å²) in [5.74, 6) is -0.388. The van der Waals surface area contributed by atoms with Gasteiger partial charge in [0.25, 0.3) is 0 Å². The minimum atomic E-state index is -0.609. The van der Waals surface area contributed by atoms with Gasteiger partial charge in [-0.1, -0.05) is 0 Å². The van der Waals surface area contributed by atoms with Crippen molar-refractivity contribution in [1.29, 1.82) is 5.26 Å². The summed E-state index contributed by atoms with van der Waals surface area (Å²) in [6.45, 7) is 8.35. The van der Waals surface area contributed by atoms with Crippen LogP contribution in [0.2, 0.25) is 0 Å². The van der Waals surface area contributed by atoms with Crippen LogP contribution in [0.1, 0.15) is 38.0 Å². The molecule has 2 unspecified atom stereocenters. The summed E-state index contributed by atoms with van der Waals surface area (Å²) in [4.78, 5) is 16.3. The van der Waals surface area contributed by atoms with Gasteiger partial charge in [-0.2, -0.15) is 5.26 Å². The third-order valence-electron chi connectivity index (χ3n) is 4.95. The van der Waals surface area contributed by atoms with Gasteiger partial charge in [0, 0.05) is 31.7 Å². The minimum Gasteiger partial charge on any atom is -0.495 e. The van der Waals surface area contributed by atoms with Gasteiger partial charge in [-0.05, 0) is 32.9 Å². The largest absolute Gasteiger partial charge is 0.495 e. The number of fused-ring (bicyclic) bond motifs is 1. The summed E-state index contributed by atoms with van der Waals surface area (Å²) in [7, 11) is 1.42. The number of nitriles is 1. The van der Waals surface area contributed by atoms with Crippen LogP contribution in [0.15, 0.2) is 12.1 Å². The molecule has 0 aromatic heterocycles. The lowest BCUT2D eigenvalue weighted by molar-refractivity contribution is -0.0911. The number of hydrogen-bond donors (Lipinski definition) is 0. The molecular weight excluding hydrogens is 365 g/mol. The van der Waals surface area contributed by atoms with Gasteiger partial charge in [0.1, 0.15) is 28.8 Å². The highest BCUT2D eigenvalue weighted by molar-refractivity contribution is 5.68. The molecule has 2 heterocycles. The molecule has 2 aliphatic heterocycles. The summed E-state index contributed by atoms with van der Waals surface area (Å²) in [5.41, 5.74) is 0.0221. The minimum absolute atomic E-state index is 0.0689. The highest BCUT2D eigenvalue weighted by Gasteiger charge is 2.37. The molecule has 1 amide bonds. The molecule has 2 fully saturated rings. The average Bonchev–Trinajstić information content (AvgIpc) is 2.65. The van der Waals surface area contributed by atoms with Gasteiger partial charge in [-0.25, -0.2) is 9.18 Å². The van der Waals surface area contributed by atoms with Crippen LogP contribution in [0.3, 0.4) is 0 Å². The molecule has 28 heavy (non-hydrogen) atoms. The van der Waals surface area contributed by atoms with Crippen molar-refractivity contribution in [2.45, 2.75) is 38.5 Å². The first kappa shape index (κ1) is 20.4. The topological polar surface area (TPSA) is 75.0 Å². The first-order chi connectivity index (χ1) is 13.2. The van der Waals surface area contributed by atoms with Crippen molar-refractivity contribution >= 4 is 6.09 Å². The maximum atomic E-state index is 13.9.